The third kappa shape index (κ3) is 10.1. The molecule has 2 saturated carbocycles. The summed E-state index contributed by atoms with van der Waals surface area (Å²) < 4.78 is 16.2. The van der Waals surface area contributed by atoms with E-state index < -0.39 is 11.9 Å². The van der Waals surface area contributed by atoms with Crippen molar-refractivity contribution < 1.29 is 23.8 Å². The molecule has 38 heavy (non-hydrogen) atoms. The fraction of sp³-hybridized carbons (Fsp3) is 0.929. The largest absolute Gasteiger partial charge is 0.379 e. The number of primary amides is 1. The number of nitrogens with zero attached hydrogens (tertiary/aromatic N) is 3. The van der Waals surface area contributed by atoms with E-state index in [1.54, 1.807) is 0 Å². The normalized spacial score (nSPS) is 26.8. The number of carbonyl (C=O) groups excluding carboxylic acids is 2. The van der Waals surface area contributed by atoms with Crippen molar-refractivity contribution in [3.8, 4) is 0 Å². The van der Waals surface area contributed by atoms with E-state index in [-0.39, 0.29) is 18.9 Å². The number of rotatable bonds is 20. The molecule has 218 valence electrons. The van der Waals surface area contributed by atoms with Crippen LogP contribution in [0.4, 0.5) is 0 Å². The minimum Gasteiger partial charge on any atom is -0.379 e. The van der Waals surface area contributed by atoms with E-state index in [0.717, 1.165) is 56.6 Å². The van der Waals surface area contributed by atoms with E-state index >= 15 is 0 Å². The maximum atomic E-state index is 12.3. The number of hydrogen-bond acceptors (Lipinski definition) is 8. The van der Waals surface area contributed by atoms with Crippen LogP contribution in [0.2, 0.25) is 0 Å². The van der Waals surface area contributed by atoms with E-state index in [9.17, 15) is 9.59 Å². The van der Waals surface area contributed by atoms with Crippen LogP contribution in [0.1, 0.15) is 84.5 Å². The van der Waals surface area contributed by atoms with Crippen LogP contribution in [0.5, 0.6) is 0 Å². The lowest BCUT2D eigenvalue weighted by molar-refractivity contribution is -0.128. The Bertz CT molecular complexity index is 738. The van der Waals surface area contributed by atoms with Crippen LogP contribution < -0.4 is 11.1 Å². The monoisotopic (exact) mass is 537 g/mol. The fourth-order valence-electron chi connectivity index (χ4n) is 6.17. The van der Waals surface area contributed by atoms with Crippen LogP contribution in [0.3, 0.4) is 0 Å². The maximum absolute atomic E-state index is 12.3. The van der Waals surface area contributed by atoms with Gasteiger partial charge in [-0.15, -0.1) is 0 Å². The summed E-state index contributed by atoms with van der Waals surface area (Å²) in [5.41, 5.74) is 5.56. The van der Waals surface area contributed by atoms with Crippen molar-refractivity contribution in [1.82, 2.24) is 10.3 Å². The number of unbranched alkanes of at least 4 members (excludes halogenated alkanes) is 1. The van der Waals surface area contributed by atoms with Gasteiger partial charge in [-0.05, 0) is 69.1 Å². The molecule has 2 amide bonds. The van der Waals surface area contributed by atoms with E-state index in [4.69, 9.17) is 19.9 Å². The van der Waals surface area contributed by atoms with Crippen LogP contribution in [0.15, 0.2) is 10.3 Å². The van der Waals surface area contributed by atoms with E-state index in [0.29, 0.717) is 44.9 Å². The van der Waals surface area contributed by atoms with Gasteiger partial charge < -0.3 is 25.3 Å². The topological polar surface area (TPSA) is 128 Å². The number of carbonyl (C=O) groups is 2. The molecule has 0 spiro atoms. The van der Waals surface area contributed by atoms with Crippen molar-refractivity contribution in [3.63, 3.8) is 0 Å². The Hall–Kier alpha value is -1.78. The van der Waals surface area contributed by atoms with Crippen LogP contribution in [-0.2, 0) is 23.8 Å². The van der Waals surface area contributed by atoms with Gasteiger partial charge in [-0.25, -0.2) is 0 Å². The first-order valence-corrected chi connectivity index (χ1v) is 15.0. The first kappa shape index (κ1) is 30.8. The summed E-state index contributed by atoms with van der Waals surface area (Å²) in [4.78, 5) is 24.2. The van der Waals surface area contributed by atoms with Crippen molar-refractivity contribution in [3.05, 3.63) is 0 Å². The summed E-state index contributed by atoms with van der Waals surface area (Å²) in [6.45, 7) is 8.19. The summed E-state index contributed by atoms with van der Waals surface area (Å²) >= 11 is 0. The minimum atomic E-state index is -0.661. The molecule has 6 atom stereocenters. The molecule has 3 aliphatic rings. The average molecular weight is 538 g/mol. The average Bonchev–Trinajstić information content (AvgIpc) is 3.38. The standard InChI is InChI=1S/C28H51N5O5/c1-3-7-21-22-9-11-24-26(12-10-23(21)22)33(32-31-24)14-6-5-8-25(28(29)35)30-27(34)13-16-37-18-20-38-19-17-36-15-4-2/h21-26H,3-20H2,1-2H3,(H2,29,35)(H,30,34). The Balaban J connectivity index is 1.24. The molecule has 2 aliphatic carbocycles. The summed E-state index contributed by atoms with van der Waals surface area (Å²) in [5, 5.41) is 14.1. The summed E-state index contributed by atoms with van der Waals surface area (Å²) in [5.74, 6) is 2.08. The van der Waals surface area contributed by atoms with Gasteiger partial charge in [-0.2, -0.15) is 5.11 Å². The molecule has 0 bridgehead atoms. The molecule has 0 saturated heterocycles. The quantitative estimate of drug-likeness (QED) is 0.228. The zero-order chi connectivity index (χ0) is 27.2. The molecule has 3 rings (SSSR count). The Kier molecular flexibility index (Phi) is 13.8. The third-order valence-corrected chi connectivity index (χ3v) is 8.24. The van der Waals surface area contributed by atoms with Gasteiger partial charge in [0.25, 0.3) is 0 Å². The number of ether oxygens (including phenoxy) is 3. The molecule has 10 heteroatoms. The second-order valence-electron chi connectivity index (χ2n) is 11.0. The lowest BCUT2D eigenvalue weighted by Crippen LogP contribution is -2.44. The van der Waals surface area contributed by atoms with Crippen molar-refractivity contribution in [1.29, 1.82) is 0 Å². The SMILES string of the molecule is CCCOCCOCCOCCC(=O)NC(CCCCN1N=NC2CCC3C(CCC)C3CCC21)C(N)=O. The molecule has 2 fully saturated rings. The third-order valence-electron chi connectivity index (χ3n) is 8.24. The van der Waals surface area contributed by atoms with Crippen LogP contribution >= 0.6 is 0 Å². The molecule has 3 N–H and O–H groups in total. The van der Waals surface area contributed by atoms with Gasteiger partial charge in [0, 0.05) is 19.6 Å². The van der Waals surface area contributed by atoms with Crippen LogP contribution in [-0.4, -0.2) is 81.1 Å². The molecule has 0 aromatic carbocycles. The molecule has 1 heterocycles. The zero-order valence-electron chi connectivity index (χ0n) is 23.7. The first-order valence-electron chi connectivity index (χ1n) is 15.0. The van der Waals surface area contributed by atoms with E-state index in [2.05, 4.69) is 34.5 Å². The van der Waals surface area contributed by atoms with Crippen LogP contribution in [0.25, 0.3) is 0 Å². The summed E-state index contributed by atoms with van der Waals surface area (Å²) in [6, 6.07) is 0.0981. The number of amides is 2. The predicted molar refractivity (Wildman–Crippen MR) is 145 cm³/mol. The minimum absolute atomic E-state index is 0.182. The highest BCUT2D eigenvalue weighted by Gasteiger charge is 2.50. The highest BCUT2D eigenvalue weighted by Crippen LogP contribution is 2.56. The van der Waals surface area contributed by atoms with E-state index in [1.807, 2.05) is 0 Å². The lowest BCUT2D eigenvalue weighted by atomic mass is 9.92. The molecule has 0 radical (unpaired) electrons. The molecular weight excluding hydrogens is 486 g/mol. The molecule has 0 aromatic heterocycles. The predicted octanol–water partition coefficient (Wildman–Crippen LogP) is 3.63. The second-order valence-corrected chi connectivity index (χ2v) is 11.0. The molecule has 0 aromatic rings. The summed E-state index contributed by atoms with van der Waals surface area (Å²) in [7, 11) is 0. The Labute approximate surface area is 228 Å². The molecule has 1 aliphatic heterocycles. The first-order chi connectivity index (χ1) is 18.5. The Morgan fingerprint density at radius 2 is 1.61 bits per heavy atom. The number of hydrogen-bond donors (Lipinski definition) is 2. The van der Waals surface area contributed by atoms with Gasteiger partial charge in [0.2, 0.25) is 11.8 Å². The Morgan fingerprint density at radius 3 is 2.29 bits per heavy atom. The highest BCUT2D eigenvalue weighted by molar-refractivity contribution is 5.86. The molecule has 6 unspecified atom stereocenters. The Morgan fingerprint density at radius 1 is 0.921 bits per heavy atom. The van der Waals surface area contributed by atoms with Gasteiger partial charge in [-0.1, -0.05) is 31.9 Å². The van der Waals surface area contributed by atoms with Crippen LogP contribution in [0, 0.1) is 17.8 Å². The van der Waals surface area contributed by atoms with Gasteiger partial charge >= 0.3 is 0 Å². The molecule has 10 nitrogen and oxygen atoms in total. The highest BCUT2D eigenvalue weighted by atomic mass is 16.5. The maximum Gasteiger partial charge on any atom is 0.239 e. The zero-order valence-corrected chi connectivity index (χ0v) is 23.7. The van der Waals surface area contributed by atoms with Gasteiger partial charge in [0.15, 0.2) is 0 Å². The van der Waals surface area contributed by atoms with Gasteiger partial charge in [0.1, 0.15) is 6.04 Å². The van der Waals surface area contributed by atoms with Crippen molar-refractivity contribution in [2.75, 3.05) is 46.2 Å². The molecular formula is C28H51N5O5. The fourth-order valence-corrected chi connectivity index (χ4v) is 6.17. The number of nitrogens with two attached hydrogens (primary N) is 1. The number of fused-ring (bicyclic) bond motifs is 2. The lowest BCUT2D eigenvalue weighted by Gasteiger charge is -2.27. The van der Waals surface area contributed by atoms with Gasteiger partial charge in [-0.3, -0.25) is 14.6 Å². The van der Waals surface area contributed by atoms with Crippen molar-refractivity contribution in [2.24, 2.45) is 33.8 Å². The van der Waals surface area contributed by atoms with Crippen molar-refractivity contribution >= 4 is 11.8 Å². The second kappa shape index (κ2) is 17.0. The summed E-state index contributed by atoms with van der Waals surface area (Å²) in [6.07, 6.45) is 11.0. The smallest absolute Gasteiger partial charge is 0.239 e. The van der Waals surface area contributed by atoms with Gasteiger partial charge in [0.05, 0.1) is 45.1 Å². The van der Waals surface area contributed by atoms with E-state index in [1.165, 1.54) is 32.1 Å². The van der Waals surface area contributed by atoms with Crippen molar-refractivity contribution in [2.45, 2.75) is 103 Å². The number of nitrogens with one attached hydrogen (secondary N) is 1.